The maximum Gasteiger partial charge on any atom is 0.453 e. The predicted octanol–water partition coefficient (Wildman–Crippen LogP) is 4.15. The summed E-state index contributed by atoms with van der Waals surface area (Å²) in [4.78, 5) is 1.90. The third-order valence-corrected chi connectivity index (χ3v) is 3.25. The highest BCUT2D eigenvalue weighted by atomic mass is 19.4. The molecule has 0 spiro atoms. The van der Waals surface area contributed by atoms with Crippen LogP contribution in [0.25, 0.3) is 0 Å². The molecule has 0 aliphatic carbocycles. The van der Waals surface area contributed by atoms with Crippen LogP contribution in [0, 0.1) is 0 Å². The topological polar surface area (TPSA) is 23.5 Å². The molecule has 1 aromatic rings. The Kier molecular flexibility index (Phi) is 5.55. The second-order valence-corrected chi connectivity index (χ2v) is 4.69. The normalized spacial score (nSPS) is 14.1. The molecule has 120 valence electrons. The maximum absolute atomic E-state index is 13.0. The molecule has 2 nitrogen and oxygen atoms in total. The highest BCUT2D eigenvalue weighted by molar-refractivity contribution is 5.48. The summed E-state index contributed by atoms with van der Waals surface area (Å²) in [6.45, 7) is 5.11. The fourth-order valence-corrected chi connectivity index (χ4v) is 1.99. The first-order valence-corrected chi connectivity index (χ1v) is 6.60. The third-order valence-electron chi connectivity index (χ3n) is 3.25. The zero-order valence-corrected chi connectivity index (χ0v) is 11.8. The number of aliphatic hydroxyl groups excluding tert-OH is 1. The van der Waals surface area contributed by atoms with Gasteiger partial charge in [-0.15, -0.1) is 0 Å². The lowest BCUT2D eigenvalue weighted by Crippen LogP contribution is -2.37. The van der Waals surface area contributed by atoms with Gasteiger partial charge in [-0.1, -0.05) is 12.1 Å². The Morgan fingerprint density at radius 1 is 1.10 bits per heavy atom. The van der Waals surface area contributed by atoms with Crippen LogP contribution < -0.4 is 4.90 Å². The smallest absolute Gasteiger partial charge is 0.388 e. The minimum absolute atomic E-state index is 0.0447. The van der Waals surface area contributed by atoms with Crippen LogP contribution in [0.3, 0.4) is 0 Å². The van der Waals surface area contributed by atoms with Crippen LogP contribution in [0.1, 0.15) is 31.9 Å². The lowest BCUT2D eigenvalue weighted by Gasteiger charge is -2.24. The Hall–Kier alpha value is -1.37. The van der Waals surface area contributed by atoms with Crippen LogP contribution in [0.2, 0.25) is 0 Å². The van der Waals surface area contributed by atoms with Crippen molar-refractivity contribution in [1.82, 2.24) is 0 Å². The summed E-state index contributed by atoms with van der Waals surface area (Å²) >= 11 is 0. The van der Waals surface area contributed by atoms with Gasteiger partial charge in [0.25, 0.3) is 0 Å². The zero-order valence-electron chi connectivity index (χ0n) is 11.8. The average molecular weight is 311 g/mol. The number of alkyl halides is 5. The SMILES string of the molecule is CCN(CC)c1cccc(C(O)CC(F)(F)C(F)(F)F)c1. The Labute approximate surface area is 120 Å². The number of halogens is 5. The number of nitrogens with zero attached hydrogens (tertiary/aromatic N) is 1. The molecule has 0 amide bonds. The summed E-state index contributed by atoms with van der Waals surface area (Å²) in [6, 6.07) is 6.01. The van der Waals surface area contributed by atoms with Crippen molar-refractivity contribution in [3.8, 4) is 0 Å². The Bertz CT molecular complexity index is 457. The molecule has 0 saturated carbocycles. The van der Waals surface area contributed by atoms with Crippen molar-refractivity contribution in [3.05, 3.63) is 29.8 Å². The first kappa shape index (κ1) is 17.7. The summed E-state index contributed by atoms with van der Waals surface area (Å²) in [5.41, 5.74) is 0.718. The van der Waals surface area contributed by atoms with Gasteiger partial charge in [0.2, 0.25) is 0 Å². The summed E-state index contributed by atoms with van der Waals surface area (Å²) in [6.07, 6.45) is -9.22. The molecule has 0 radical (unpaired) electrons. The quantitative estimate of drug-likeness (QED) is 0.798. The van der Waals surface area contributed by atoms with Crippen molar-refractivity contribution >= 4 is 5.69 Å². The Balaban J connectivity index is 2.93. The van der Waals surface area contributed by atoms with Crippen LogP contribution >= 0.6 is 0 Å². The fourth-order valence-electron chi connectivity index (χ4n) is 1.99. The summed E-state index contributed by atoms with van der Waals surface area (Å²) in [5, 5.41) is 9.67. The van der Waals surface area contributed by atoms with Crippen LogP contribution in [0.15, 0.2) is 24.3 Å². The van der Waals surface area contributed by atoms with Crippen molar-refractivity contribution in [2.75, 3.05) is 18.0 Å². The monoisotopic (exact) mass is 311 g/mol. The van der Waals surface area contributed by atoms with Crippen LogP contribution in [0.4, 0.5) is 27.6 Å². The molecule has 0 aliphatic heterocycles. The van der Waals surface area contributed by atoms with Gasteiger partial charge in [-0.2, -0.15) is 22.0 Å². The van der Waals surface area contributed by atoms with Gasteiger partial charge in [0.1, 0.15) is 0 Å². The van der Waals surface area contributed by atoms with E-state index in [1.54, 1.807) is 6.07 Å². The van der Waals surface area contributed by atoms with Gasteiger partial charge in [-0.05, 0) is 31.5 Å². The van der Waals surface area contributed by atoms with E-state index in [1.165, 1.54) is 18.2 Å². The molecule has 1 rings (SSSR count). The fraction of sp³-hybridized carbons (Fsp3) is 0.571. The van der Waals surface area contributed by atoms with E-state index < -0.39 is 24.6 Å². The van der Waals surface area contributed by atoms with Crippen LogP contribution in [-0.4, -0.2) is 30.3 Å². The largest absolute Gasteiger partial charge is 0.453 e. The molecule has 0 fully saturated rings. The van der Waals surface area contributed by atoms with E-state index in [0.29, 0.717) is 18.8 Å². The zero-order chi connectivity index (χ0) is 16.3. The molecule has 0 heterocycles. The van der Waals surface area contributed by atoms with Gasteiger partial charge in [-0.25, -0.2) is 0 Å². The standard InChI is InChI=1S/C14H18F5NO/c1-3-20(4-2)11-7-5-6-10(8-11)12(21)9-13(15,16)14(17,18)19/h5-8,12,21H,3-4,9H2,1-2H3. The van der Waals surface area contributed by atoms with Gasteiger partial charge < -0.3 is 10.0 Å². The first-order valence-electron chi connectivity index (χ1n) is 6.60. The number of aliphatic hydroxyl groups is 1. The lowest BCUT2D eigenvalue weighted by atomic mass is 10.0. The van der Waals surface area contributed by atoms with E-state index in [9.17, 15) is 27.1 Å². The first-order chi connectivity index (χ1) is 9.62. The second kappa shape index (κ2) is 6.60. The van der Waals surface area contributed by atoms with Crippen molar-refractivity contribution in [3.63, 3.8) is 0 Å². The number of rotatable bonds is 6. The predicted molar refractivity (Wildman–Crippen MR) is 70.6 cm³/mol. The van der Waals surface area contributed by atoms with Crippen molar-refractivity contribution < 1.29 is 27.1 Å². The summed E-state index contributed by atoms with van der Waals surface area (Å²) < 4.78 is 62.4. The Morgan fingerprint density at radius 2 is 1.67 bits per heavy atom. The van der Waals surface area contributed by atoms with Gasteiger partial charge >= 0.3 is 12.1 Å². The van der Waals surface area contributed by atoms with E-state index >= 15 is 0 Å². The molecule has 1 unspecified atom stereocenters. The minimum atomic E-state index is -5.66. The second-order valence-electron chi connectivity index (χ2n) is 4.69. The van der Waals surface area contributed by atoms with E-state index in [4.69, 9.17) is 0 Å². The van der Waals surface area contributed by atoms with Gasteiger partial charge in [0.05, 0.1) is 12.5 Å². The number of hydrogen-bond acceptors (Lipinski definition) is 2. The molecule has 7 heteroatoms. The number of hydrogen-bond donors (Lipinski definition) is 1. The molecule has 0 aliphatic rings. The van der Waals surface area contributed by atoms with E-state index in [1.807, 2.05) is 18.7 Å². The minimum Gasteiger partial charge on any atom is -0.388 e. The molecule has 0 bridgehead atoms. The molecule has 1 atom stereocenters. The number of benzene rings is 1. The highest BCUT2D eigenvalue weighted by Gasteiger charge is 2.58. The van der Waals surface area contributed by atoms with Gasteiger partial charge in [0.15, 0.2) is 0 Å². The summed E-state index contributed by atoms with van der Waals surface area (Å²) in [5.74, 6) is -4.92. The average Bonchev–Trinajstić information content (AvgIpc) is 2.38. The molecule has 21 heavy (non-hydrogen) atoms. The number of anilines is 1. The molecular weight excluding hydrogens is 293 g/mol. The lowest BCUT2D eigenvalue weighted by molar-refractivity contribution is -0.290. The summed E-state index contributed by atoms with van der Waals surface area (Å²) in [7, 11) is 0. The van der Waals surface area contributed by atoms with Crippen molar-refractivity contribution in [1.29, 1.82) is 0 Å². The highest BCUT2D eigenvalue weighted by Crippen LogP contribution is 2.41. The van der Waals surface area contributed by atoms with Gasteiger partial charge in [-0.3, -0.25) is 0 Å². The van der Waals surface area contributed by atoms with Crippen molar-refractivity contribution in [2.45, 2.75) is 38.5 Å². The third kappa shape index (κ3) is 4.30. The van der Waals surface area contributed by atoms with Crippen molar-refractivity contribution in [2.24, 2.45) is 0 Å². The van der Waals surface area contributed by atoms with E-state index in [2.05, 4.69) is 0 Å². The van der Waals surface area contributed by atoms with Crippen LogP contribution in [0.5, 0.6) is 0 Å². The molecule has 1 N–H and O–H groups in total. The Morgan fingerprint density at radius 3 is 2.14 bits per heavy atom. The molecular formula is C14H18F5NO. The van der Waals surface area contributed by atoms with Crippen LogP contribution in [-0.2, 0) is 0 Å². The maximum atomic E-state index is 13.0. The molecule has 0 saturated heterocycles. The van der Waals surface area contributed by atoms with Gasteiger partial charge in [0, 0.05) is 18.8 Å². The van der Waals surface area contributed by atoms with E-state index in [0.717, 1.165) is 0 Å². The molecule has 0 aromatic heterocycles. The molecule has 1 aromatic carbocycles. The van der Waals surface area contributed by atoms with E-state index in [-0.39, 0.29) is 5.56 Å².